The monoisotopic (exact) mass is 390 g/mol. The number of carbonyl (C=O) groups is 2. The first-order valence-corrected chi connectivity index (χ1v) is 12.3. The minimum Gasteiger partial charge on any atom is -0.465 e. The number of unbranched alkanes of at least 4 members (excludes halogenated alkanes) is 1. The Morgan fingerprint density at radius 2 is 1.36 bits per heavy atom. The molecule has 3 aliphatic rings. The second-order valence-electron chi connectivity index (χ2n) is 9.91. The molecule has 28 heavy (non-hydrogen) atoms. The number of Topliss-reactive ketones (excluding diaryl/α,β-unsaturated/α-hetero) is 1. The second kappa shape index (κ2) is 10.8. The third-order valence-corrected chi connectivity index (χ3v) is 8.26. The van der Waals surface area contributed by atoms with Crippen molar-refractivity contribution in [2.24, 2.45) is 35.5 Å². The Balaban J connectivity index is 1.39. The smallest absolute Gasteiger partial charge is 0.316 e. The van der Waals surface area contributed by atoms with Crippen LogP contribution in [-0.2, 0) is 14.3 Å². The van der Waals surface area contributed by atoms with Crippen molar-refractivity contribution < 1.29 is 14.3 Å². The van der Waals surface area contributed by atoms with Crippen LogP contribution in [0.1, 0.15) is 104 Å². The number of hydrogen-bond donors (Lipinski definition) is 0. The normalized spacial score (nSPS) is 36.9. The van der Waals surface area contributed by atoms with Crippen LogP contribution in [0.4, 0.5) is 0 Å². The van der Waals surface area contributed by atoms with Crippen molar-refractivity contribution in [2.75, 3.05) is 6.61 Å². The maximum absolute atomic E-state index is 12.5. The Hall–Kier alpha value is -0.860. The summed E-state index contributed by atoms with van der Waals surface area (Å²) >= 11 is 0. The first-order valence-electron chi connectivity index (χ1n) is 12.3. The first-order chi connectivity index (χ1) is 13.6. The van der Waals surface area contributed by atoms with Crippen LogP contribution < -0.4 is 0 Å². The summed E-state index contributed by atoms with van der Waals surface area (Å²) in [7, 11) is 0. The Kier molecular flexibility index (Phi) is 8.41. The molecule has 0 saturated heterocycles. The molecule has 0 aromatic rings. The average molecular weight is 391 g/mol. The molecule has 0 aromatic carbocycles. The maximum atomic E-state index is 12.5. The summed E-state index contributed by atoms with van der Waals surface area (Å²) in [4.78, 5) is 24.4. The maximum Gasteiger partial charge on any atom is 0.316 e. The molecule has 0 bridgehead atoms. The summed E-state index contributed by atoms with van der Waals surface area (Å²) in [6.07, 6.45) is 17.8. The lowest BCUT2D eigenvalue weighted by molar-refractivity contribution is -0.153. The zero-order valence-electron chi connectivity index (χ0n) is 18.3. The zero-order chi connectivity index (χ0) is 19.9. The lowest BCUT2D eigenvalue weighted by atomic mass is 9.64. The molecule has 3 nitrogen and oxygen atoms in total. The quantitative estimate of drug-likeness (QED) is 0.376. The molecule has 0 spiro atoms. The average Bonchev–Trinajstić information content (AvgIpc) is 2.73. The van der Waals surface area contributed by atoms with Gasteiger partial charge in [0.05, 0.1) is 6.61 Å². The molecule has 3 saturated carbocycles. The minimum atomic E-state index is -0.476. The molecular formula is C25H42O3. The van der Waals surface area contributed by atoms with Crippen molar-refractivity contribution in [1.29, 1.82) is 0 Å². The van der Waals surface area contributed by atoms with Gasteiger partial charge in [-0.2, -0.15) is 0 Å². The molecule has 0 heterocycles. The first kappa shape index (κ1) is 21.8. The molecule has 3 aliphatic carbocycles. The number of esters is 1. The van der Waals surface area contributed by atoms with E-state index >= 15 is 0 Å². The predicted molar refractivity (Wildman–Crippen MR) is 113 cm³/mol. The van der Waals surface area contributed by atoms with E-state index in [0.29, 0.717) is 31.3 Å². The molecule has 0 N–H and O–H groups in total. The number of carbonyl (C=O) groups excluding carboxylic acids is 2. The Morgan fingerprint density at radius 1 is 0.821 bits per heavy atom. The highest BCUT2D eigenvalue weighted by Gasteiger charge is 2.39. The number of ether oxygens (including phenoxy) is 1. The zero-order valence-corrected chi connectivity index (χ0v) is 18.3. The van der Waals surface area contributed by atoms with Gasteiger partial charge in [0.1, 0.15) is 11.7 Å². The van der Waals surface area contributed by atoms with E-state index < -0.39 is 5.92 Å². The van der Waals surface area contributed by atoms with Gasteiger partial charge in [0.15, 0.2) is 0 Å². The van der Waals surface area contributed by atoms with Gasteiger partial charge in [-0.05, 0) is 87.9 Å². The largest absolute Gasteiger partial charge is 0.465 e. The van der Waals surface area contributed by atoms with Crippen LogP contribution in [-0.4, -0.2) is 18.4 Å². The molecule has 0 aromatic heterocycles. The Bertz CT molecular complexity index is 498. The molecule has 3 fully saturated rings. The van der Waals surface area contributed by atoms with Crippen molar-refractivity contribution in [2.45, 2.75) is 104 Å². The van der Waals surface area contributed by atoms with E-state index in [1.807, 2.05) is 6.92 Å². The summed E-state index contributed by atoms with van der Waals surface area (Å²) in [6, 6.07) is 0. The SMILES string of the molecule is CCCCC1CCC(C2CCC(C3CCC(C(=O)OCC)C(=O)C3)CC2)CC1. The number of rotatable bonds is 7. The van der Waals surface area contributed by atoms with Crippen LogP contribution in [0.15, 0.2) is 0 Å². The third-order valence-electron chi connectivity index (χ3n) is 8.26. The lowest BCUT2D eigenvalue weighted by Gasteiger charge is -2.41. The van der Waals surface area contributed by atoms with Crippen LogP contribution >= 0.6 is 0 Å². The molecule has 0 amide bonds. The van der Waals surface area contributed by atoms with Gasteiger partial charge < -0.3 is 4.74 Å². The van der Waals surface area contributed by atoms with Gasteiger partial charge in [-0.3, -0.25) is 9.59 Å². The highest BCUT2D eigenvalue weighted by molar-refractivity contribution is 5.99. The summed E-state index contributed by atoms with van der Waals surface area (Å²) in [5.41, 5.74) is 0. The van der Waals surface area contributed by atoms with Gasteiger partial charge in [-0.1, -0.05) is 39.0 Å². The standard InChI is InChI=1S/C25H42O3/c1-3-5-6-18-7-9-19(10-8-18)20-11-13-21(14-12-20)22-15-16-23(24(26)17-22)25(27)28-4-2/h18-23H,3-17H2,1-2H3. The van der Waals surface area contributed by atoms with Gasteiger partial charge in [0.25, 0.3) is 0 Å². The topological polar surface area (TPSA) is 43.4 Å². The van der Waals surface area contributed by atoms with E-state index in [1.165, 1.54) is 70.6 Å². The van der Waals surface area contributed by atoms with E-state index in [4.69, 9.17) is 4.74 Å². The van der Waals surface area contributed by atoms with Crippen molar-refractivity contribution in [1.82, 2.24) is 0 Å². The molecule has 0 radical (unpaired) electrons. The second-order valence-corrected chi connectivity index (χ2v) is 9.91. The fourth-order valence-electron chi connectivity index (χ4n) is 6.47. The van der Waals surface area contributed by atoms with Crippen LogP contribution in [0.25, 0.3) is 0 Å². The molecule has 2 atom stereocenters. The molecule has 0 aliphatic heterocycles. The Morgan fingerprint density at radius 3 is 1.89 bits per heavy atom. The van der Waals surface area contributed by atoms with E-state index in [0.717, 1.165) is 24.2 Å². The Labute approximate surface area is 172 Å². The molecule has 3 heteroatoms. The highest BCUT2D eigenvalue weighted by Crippen LogP contribution is 2.45. The summed E-state index contributed by atoms with van der Waals surface area (Å²) in [6.45, 7) is 4.49. The van der Waals surface area contributed by atoms with Crippen molar-refractivity contribution in [3.8, 4) is 0 Å². The lowest BCUT2D eigenvalue weighted by Crippen LogP contribution is -2.36. The van der Waals surface area contributed by atoms with E-state index in [1.54, 1.807) is 0 Å². The van der Waals surface area contributed by atoms with Crippen molar-refractivity contribution >= 4 is 11.8 Å². The van der Waals surface area contributed by atoms with Gasteiger partial charge in [-0.25, -0.2) is 0 Å². The minimum absolute atomic E-state index is 0.141. The van der Waals surface area contributed by atoms with E-state index in [-0.39, 0.29) is 11.8 Å². The van der Waals surface area contributed by atoms with Gasteiger partial charge >= 0.3 is 5.97 Å². The van der Waals surface area contributed by atoms with Crippen LogP contribution in [0.5, 0.6) is 0 Å². The van der Waals surface area contributed by atoms with E-state index in [9.17, 15) is 9.59 Å². The van der Waals surface area contributed by atoms with Crippen LogP contribution in [0.3, 0.4) is 0 Å². The fraction of sp³-hybridized carbons (Fsp3) is 0.920. The van der Waals surface area contributed by atoms with E-state index in [2.05, 4.69) is 6.92 Å². The number of hydrogen-bond acceptors (Lipinski definition) is 3. The molecule has 3 rings (SSSR count). The summed E-state index contributed by atoms with van der Waals surface area (Å²) in [5.74, 6) is 3.53. The van der Waals surface area contributed by atoms with Crippen molar-refractivity contribution in [3.63, 3.8) is 0 Å². The van der Waals surface area contributed by atoms with Crippen LogP contribution in [0.2, 0.25) is 0 Å². The predicted octanol–water partition coefficient (Wildman–Crippen LogP) is 6.34. The van der Waals surface area contributed by atoms with Gasteiger partial charge in [-0.15, -0.1) is 0 Å². The highest BCUT2D eigenvalue weighted by atomic mass is 16.5. The molecular weight excluding hydrogens is 348 g/mol. The molecule has 160 valence electrons. The summed E-state index contributed by atoms with van der Waals surface area (Å²) in [5, 5.41) is 0. The third kappa shape index (κ3) is 5.60. The molecule has 2 unspecified atom stereocenters. The van der Waals surface area contributed by atoms with Crippen LogP contribution in [0, 0.1) is 35.5 Å². The van der Waals surface area contributed by atoms with Gasteiger partial charge in [0.2, 0.25) is 0 Å². The van der Waals surface area contributed by atoms with Crippen molar-refractivity contribution in [3.05, 3.63) is 0 Å². The van der Waals surface area contributed by atoms with Gasteiger partial charge in [0, 0.05) is 6.42 Å². The summed E-state index contributed by atoms with van der Waals surface area (Å²) < 4.78 is 5.08. The fourth-order valence-corrected chi connectivity index (χ4v) is 6.47. The number of ketones is 1.